The van der Waals surface area contributed by atoms with Gasteiger partial charge in [-0.1, -0.05) is 12.1 Å². The highest BCUT2D eigenvalue weighted by Crippen LogP contribution is 2.24. The van der Waals surface area contributed by atoms with Crippen molar-refractivity contribution in [1.82, 2.24) is 0 Å². The van der Waals surface area contributed by atoms with Crippen molar-refractivity contribution in [2.24, 2.45) is 0 Å². The summed E-state index contributed by atoms with van der Waals surface area (Å²) in [6, 6.07) is 7.27. The Morgan fingerprint density at radius 3 is 2.41 bits per heavy atom. The topological polar surface area (TPSA) is 31.5 Å². The first-order chi connectivity index (χ1) is 8.20. The van der Waals surface area contributed by atoms with Crippen LogP contribution in [0.1, 0.15) is 12.5 Å². The Bertz CT molecular complexity index is 528. The lowest BCUT2D eigenvalue weighted by molar-refractivity contribution is -0.417. The van der Waals surface area contributed by atoms with E-state index in [0.29, 0.717) is 0 Å². The van der Waals surface area contributed by atoms with Crippen LogP contribution in [0.15, 0.2) is 54.1 Å². The molecule has 0 bridgehead atoms. The zero-order chi connectivity index (χ0) is 12.3. The van der Waals surface area contributed by atoms with Gasteiger partial charge >= 0.3 is 5.78 Å². The number of rotatable bonds is 1. The molecule has 0 fully saturated rings. The Balaban J connectivity index is 2.38. The molecule has 0 aliphatic heterocycles. The number of aromatic hydroxyl groups is 1. The summed E-state index contributed by atoms with van der Waals surface area (Å²) in [6.07, 6.45) is 7.89. The molecule has 0 heterocycles. The number of carbonyl (C=O) groups excluding carboxylic acids is 1. The fourth-order valence-corrected chi connectivity index (χ4v) is 1.75. The van der Waals surface area contributed by atoms with Crippen LogP contribution < -0.4 is 0 Å². The molecule has 1 aromatic rings. The van der Waals surface area contributed by atoms with Gasteiger partial charge in [0.05, 0.1) is 0 Å². The van der Waals surface area contributed by atoms with Gasteiger partial charge in [0.2, 0.25) is 0 Å². The number of hydrogen-bond donors (Lipinski definition) is 1. The summed E-state index contributed by atoms with van der Waals surface area (Å²) in [4.78, 5) is 0. The normalized spacial score (nSPS) is 14.0. The molecule has 17 heavy (non-hydrogen) atoms. The minimum atomic E-state index is 0.287. The van der Waals surface area contributed by atoms with E-state index in [2.05, 4.69) is 0 Å². The highest BCUT2D eigenvalue weighted by atomic mass is 16.4. The Morgan fingerprint density at radius 1 is 1.12 bits per heavy atom. The summed E-state index contributed by atoms with van der Waals surface area (Å²) in [7, 11) is 1.65. The summed E-state index contributed by atoms with van der Waals surface area (Å²) >= 11 is 0. The van der Waals surface area contributed by atoms with E-state index in [1.54, 1.807) is 19.2 Å². The fourth-order valence-electron chi connectivity index (χ4n) is 1.75. The number of allylic oxidation sites excluding steroid dienone is 6. The summed E-state index contributed by atoms with van der Waals surface area (Å²) in [5.41, 5.74) is 3.27. The molecule has 1 N–H and O–H groups in total. The third kappa shape index (κ3) is 2.53. The van der Waals surface area contributed by atoms with Crippen LogP contribution in [0.2, 0.25) is 0 Å². The molecule has 1 aliphatic rings. The zero-order valence-corrected chi connectivity index (χ0v) is 9.97. The average molecular weight is 227 g/mol. The third-order valence-corrected chi connectivity index (χ3v) is 2.80. The third-order valence-electron chi connectivity index (χ3n) is 2.80. The number of hydrogen-bond acceptors (Lipinski definition) is 1. The first kappa shape index (κ1) is 11.4. The number of benzene rings is 1. The van der Waals surface area contributed by atoms with Crippen molar-refractivity contribution >= 4 is 11.4 Å². The van der Waals surface area contributed by atoms with Crippen LogP contribution in [0.5, 0.6) is 5.75 Å². The maximum Gasteiger partial charge on any atom is 0.343 e. The van der Waals surface area contributed by atoms with Gasteiger partial charge in [-0.05, 0) is 47.9 Å². The Labute approximate surface area is 101 Å². The molecule has 0 aromatic heterocycles. The molecule has 0 spiro atoms. The van der Waals surface area contributed by atoms with Crippen LogP contribution in [0.4, 0.5) is 0 Å². The van der Waals surface area contributed by atoms with E-state index in [1.807, 2.05) is 43.4 Å². The molecule has 0 atom stereocenters. The van der Waals surface area contributed by atoms with E-state index in [1.165, 1.54) is 0 Å². The quantitative estimate of drug-likeness (QED) is 0.735. The summed E-state index contributed by atoms with van der Waals surface area (Å²) < 4.78 is 5.12. The van der Waals surface area contributed by atoms with E-state index >= 15 is 0 Å². The van der Waals surface area contributed by atoms with E-state index in [9.17, 15) is 5.11 Å². The van der Waals surface area contributed by atoms with Gasteiger partial charge in [-0.25, -0.2) is 0 Å². The summed E-state index contributed by atoms with van der Waals surface area (Å²) in [5.74, 6) is 1.13. The molecule has 0 saturated heterocycles. The van der Waals surface area contributed by atoms with Gasteiger partial charge in [0.25, 0.3) is 7.11 Å². The molecule has 2 rings (SSSR count). The predicted molar refractivity (Wildman–Crippen MR) is 69.9 cm³/mol. The van der Waals surface area contributed by atoms with Gasteiger partial charge in [0.15, 0.2) is 0 Å². The Hall–Kier alpha value is -2.09. The van der Waals surface area contributed by atoms with Crippen LogP contribution in [0, 0.1) is 0 Å². The highest BCUT2D eigenvalue weighted by molar-refractivity contribution is 6.02. The van der Waals surface area contributed by atoms with Gasteiger partial charge < -0.3 is 5.11 Å². The summed E-state index contributed by atoms with van der Waals surface area (Å²) in [6.45, 7) is 2.04. The second-order valence-corrected chi connectivity index (χ2v) is 3.90. The monoisotopic (exact) mass is 227 g/mol. The van der Waals surface area contributed by atoms with Gasteiger partial charge in [0.1, 0.15) is 5.75 Å². The van der Waals surface area contributed by atoms with E-state index in [-0.39, 0.29) is 5.75 Å². The van der Waals surface area contributed by atoms with E-state index in [4.69, 9.17) is 4.42 Å². The van der Waals surface area contributed by atoms with Gasteiger partial charge in [-0.15, -0.1) is 0 Å². The molecule has 0 unspecified atom stereocenters. The minimum Gasteiger partial charge on any atom is -0.508 e. The predicted octanol–water partition coefficient (Wildman–Crippen LogP) is 3.03. The molecule has 86 valence electrons. The maximum atomic E-state index is 9.46. The van der Waals surface area contributed by atoms with Crippen molar-refractivity contribution < 1.29 is 9.53 Å². The lowest BCUT2D eigenvalue weighted by Crippen LogP contribution is -1.97. The second kappa shape index (κ2) is 4.83. The van der Waals surface area contributed by atoms with E-state index < -0.39 is 0 Å². The number of ketones is 1. The van der Waals surface area contributed by atoms with Crippen molar-refractivity contribution in [2.75, 3.05) is 7.11 Å². The lowest BCUT2D eigenvalue weighted by atomic mass is 9.98. The molecule has 2 heteroatoms. The van der Waals surface area contributed by atoms with Crippen LogP contribution in [-0.4, -0.2) is 18.0 Å². The molecule has 0 saturated carbocycles. The standard InChI is InChI=1S/C15H14O2/c1-11(13-4-3-5-14(16)10-13)12-6-8-15(17-2)9-7-12/h3-10H,1-2H3/p+1. The van der Waals surface area contributed by atoms with Crippen molar-refractivity contribution in [1.29, 1.82) is 0 Å². The Kier molecular flexibility index (Phi) is 3.24. The van der Waals surface area contributed by atoms with Gasteiger partial charge in [0, 0.05) is 12.2 Å². The minimum absolute atomic E-state index is 0.287. The van der Waals surface area contributed by atoms with Crippen LogP contribution in [0.25, 0.3) is 5.57 Å². The molecular weight excluding hydrogens is 212 g/mol. The highest BCUT2D eigenvalue weighted by Gasteiger charge is 2.08. The van der Waals surface area contributed by atoms with E-state index in [0.717, 1.165) is 22.5 Å². The van der Waals surface area contributed by atoms with Gasteiger partial charge in [-0.3, -0.25) is 4.42 Å². The zero-order valence-electron chi connectivity index (χ0n) is 9.97. The summed E-state index contributed by atoms with van der Waals surface area (Å²) in [5, 5.41) is 9.46. The molecule has 2 nitrogen and oxygen atoms in total. The van der Waals surface area contributed by atoms with Crippen LogP contribution in [-0.2, 0) is 4.42 Å². The molecule has 0 radical (unpaired) electrons. The van der Waals surface area contributed by atoms with Crippen LogP contribution >= 0.6 is 0 Å². The molecule has 0 amide bonds. The van der Waals surface area contributed by atoms with Crippen molar-refractivity contribution in [3.8, 4) is 5.75 Å². The smallest absolute Gasteiger partial charge is 0.343 e. The van der Waals surface area contributed by atoms with Crippen LogP contribution in [0.3, 0.4) is 0 Å². The number of phenolic OH excluding ortho intramolecular Hbond substituents is 1. The van der Waals surface area contributed by atoms with Crippen molar-refractivity contribution in [3.63, 3.8) is 0 Å². The largest absolute Gasteiger partial charge is 0.508 e. The average Bonchev–Trinajstić information content (AvgIpc) is 2.38. The lowest BCUT2D eigenvalue weighted by Gasteiger charge is -2.07. The molecular formula is C15H15O2+. The SMILES string of the molecule is C[O+]=C1C=CC(=C(C)c2cccc(O)c2)C=C1. The van der Waals surface area contributed by atoms with Gasteiger partial charge in [-0.2, -0.15) is 0 Å². The maximum absolute atomic E-state index is 9.46. The Morgan fingerprint density at radius 2 is 1.82 bits per heavy atom. The van der Waals surface area contributed by atoms with Crippen molar-refractivity contribution in [3.05, 3.63) is 59.7 Å². The second-order valence-electron chi connectivity index (χ2n) is 3.90. The fraction of sp³-hybridized carbons (Fsp3) is 0.133. The number of phenols is 1. The van der Waals surface area contributed by atoms with Crippen molar-refractivity contribution in [2.45, 2.75) is 6.92 Å². The first-order valence-corrected chi connectivity index (χ1v) is 5.48. The first-order valence-electron chi connectivity index (χ1n) is 5.48. The molecule has 1 aliphatic carbocycles. The molecule has 1 aromatic carbocycles.